The van der Waals surface area contributed by atoms with Gasteiger partial charge >= 0.3 is 0 Å². The molecule has 4 nitrogen and oxygen atoms in total. The first-order valence-corrected chi connectivity index (χ1v) is 9.14. The topological polar surface area (TPSA) is 45.2 Å². The molecule has 1 aliphatic rings. The third-order valence-corrected chi connectivity index (χ3v) is 4.91. The first-order valence-electron chi connectivity index (χ1n) is 8.77. The van der Waals surface area contributed by atoms with Crippen LogP contribution in [-0.4, -0.2) is 30.5 Å². The average Bonchev–Trinajstić information content (AvgIpc) is 2.62. The number of carbonyl (C=O) groups excluding carboxylic acids is 1. The second kappa shape index (κ2) is 7.84. The van der Waals surface area contributed by atoms with Gasteiger partial charge in [-0.3, -0.25) is 4.79 Å². The number of nitrogens with one attached hydrogen (secondary N) is 1. The van der Waals surface area contributed by atoms with Crippen molar-refractivity contribution in [1.29, 1.82) is 0 Å². The predicted molar refractivity (Wildman–Crippen MR) is 99.6 cm³/mol. The summed E-state index contributed by atoms with van der Waals surface area (Å²) in [5.41, 5.74) is 0. The first kappa shape index (κ1) is 17.0. The lowest BCUT2D eigenvalue weighted by atomic mass is 9.97. The van der Waals surface area contributed by atoms with Crippen LogP contribution in [0.25, 0.3) is 10.8 Å². The Labute approximate surface area is 148 Å². The van der Waals surface area contributed by atoms with E-state index in [1.54, 1.807) is 0 Å². The first-order chi connectivity index (χ1) is 11.7. The summed E-state index contributed by atoms with van der Waals surface area (Å²) >= 11 is 6.35. The van der Waals surface area contributed by atoms with Gasteiger partial charge in [0.1, 0.15) is 11.0 Å². The standard InChI is InChI=1S/C19H24ClN3O/c1-2-3-10-21-19(24)15-8-6-11-23(13-15)17-12-14-7-4-5-9-16(14)18(20)22-17/h4-5,7,9,12,15H,2-3,6,8,10-11,13H2,1H3,(H,21,24). The van der Waals surface area contributed by atoms with Gasteiger partial charge in [-0.25, -0.2) is 4.98 Å². The van der Waals surface area contributed by atoms with Crippen molar-refractivity contribution in [2.24, 2.45) is 5.92 Å². The lowest BCUT2D eigenvalue weighted by Gasteiger charge is -2.33. The van der Waals surface area contributed by atoms with E-state index in [0.29, 0.717) is 11.7 Å². The molecular formula is C19H24ClN3O. The molecule has 0 saturated carbocycles. The van der Waals surface area contributed by atoms with E-state index >= 15 is 0 Å². The number of rotatable bonds is 5. The second-order valence-electron chi connectivity index (χ2n) is 6.42. The van der Waals surface area contributed by atoms with Crippen LogP contribution in [-0.2, 0) is 4.79 Å². The number of fused-ring (bicyclic) bond motifs is 1. The molecule has 3 rings (SSSR count). The molecular weight excluding hydrogens is 322 g/mol. The normalized spacial score (nSPS) is 17.9. The fourth-order valence-corrected chi connectivity index (χ4v) is 3.50. The van der Waals surface area contributed by atoms with E-state index < -0.39 is 0 Å². The Morgan fingerprint density at radius 1 is 1.42 bits per heavy atom. The molecule has 0 spiro atoms. The Kier molecular flexibility index (Phi) is 5.56. The highest BCUT2D eigenvalue weighted by molar-refractivity contribution is 6.34. The fraction of sp³-hybridized carbons (Fsp3) is 0.474. The number of halogens is 1. The van der Waals surface area contributed by atoms with Gasteiger partial charge in [0.25, 0.3) is 0 Å². The van der Waals surface area contributed by atoms with Crippen LogP contribution in [0, 0.1) is 5.92 Å². The Morgan fingerprint density at radius 2 is 2.25 bits per heavy atom. The molecule has 1 fully saturated rings. The van der Waals surface area contributed by atoms with E-state index in [1.807, 2.05) is 24.3 Å². The van der Waals surface area contributed by atoms with E-state index in [-0.39, 0.29) is 11.8 Å². The maximum atomic E-state index is 12.3. The zero-order valence-corrected chi connectivity index (χ0v) is 14.9. The van der Waals surface area contributed by atoms with Crippen LogP contribution in [0.5, 0.6) is 0 Å². The van der Waals surface area contributed by atoms with Crippen molar-refractivity contribution in [3.8, 4) is 0 Å². The molecule has 1 aromatic heterocycles. The Morgan fingerprint density at radius 3 is 3.08 bits per heavy atom. The van der Waals surface area contributed by atoms with Crippen LogP contribution in [0.4, 0.5) is 5.82 Å². The van der Waals surface area contributed by atoms with Gasteiger partial charge in [-0.2, -0.15) is 0 Å². The molecule has 128 valence electrons. The van der Waals surface area contributed by atoms with Gasteiger partial charge in [-0.15, -0.1) is 0 Å². The van der Waals surface area contributed by atoms with Crippen molar-refractivity contribution in [2.45, 2.75) is 32.6 Å². The van der Waals surface area contributed by atoms with E-state index in [9.17, 15) is 4.79 Å². The molecule has 24 heavy (non-hydrogen) atoms. The maximum Gasteiger partial charge on any atom is 0.224 e. The van der Waals surface area contributed by atoms with Gasteiger partial charge in [-0.05, 0) is 30.7 Å². The van der Waals surface area contributed by atoms with Crippen molar-refractivity contribution >= 4 is 34.1 Å². The highest BCUT2D eigenvalue weighted by Crippen LogP contribution is 2.28. The molecule has 1 saturated heterocycles. The number of aromatic nitrogens is 1. The zero-order chi connectivity index (χ0) is 16.9. The van der Waals surface area contributed by atoms with Gasteiger partial charge in [0.05, 0.1) is 5.92 Å². The number of amides is 1. The van der Waals surface area contributed by atoms with Crippen molar-refractivity contribution in [3.05, 3.63) is 35.5 Å². The Balaban J connectivity index is 1.74. The number of carbonyl (C=O) groups is 1. The number of hydrogen-bond donors (Lipinski definition) is 1. The summed E-state index contributed by atoms with van der Waals surface area (Å²) < 4.78 is 0. The molecule has 1 aliphatic heterocycles. The van der Waals surface area contributed by atoms with Crippen molar-refractivity contribution in [3.63, 3.8) is 0 Å². The molecule has 2 aromatic rings. The van der Waals surface area contributed by atoms with E-state index in [2.05, 4.69) is 28.2 Å². The lowest BCUT2D eigenvalue weighted by molar-refractivity contribution is -0.125. The monoisotopic (exact) mass is 345 g/mol. The van der Waals surface area contributed by atoms with Crippen LogP contribution >= 0.6 is 11.6 Å². The molecule has 0 radical (unpaired) electrons. The zero-order valence-electron chi connectivity index (χ0n) is 14.1. The average molecular weight is 346 g/mol. The van der Waals surface area contributed by atoms with Crippen LogP contribution in [0.15, 0.2) is 30.3 Å². The van der Waals surface area contributed by atoms with Gasteiger partial charge in [0, 0.05) is 25.0 Å². The number of piperidine rings is 1. The minimum Gasteiger partial charge on any atom is -0.356 e. The minimum atomic E-state index is 0.0302. The maximum absolute atomic E-state index is 12.3. The van der Waals surface area contributed by atoms with Crippen molar-refractivity contribution < 1.29 is 4.79 Å². The molecule has 0 aliphatic carbocycles. The third-order valence-electron chi connectivity index (χ3n) is 4.63. The Bertz CT molecular complexity index is 719. The fourth-order valence-electron chi connectivity index (χ4n) is 3.24. The molecule has 1 N–H and O–H groups in total. The highest BCUT2D eigenvalue weighted by Gasteiger charge is 2.26. The van der Waals surface area contributed by atoms with E-state index in [4.69, 9.17) is 11.6 Å². The molecule has 0 bridgehead atoms. The lowest BCUT2D eigenvalue weighted by Crippen LogP contribution is -2.43. The molecule has 1 amide bonds. The van der Waals surface area contributed by atoms with Crippen molar-refractivity contribution in [2.75, 3.05) is 24.5 Å². The van der Waals surface area contributed by atoms with Gasteiger partial charge in [0.2, 0.25) is 5.91 Å². The third kappa shape index (κ3) is 3.81. The number of unbranched alkanes of at least 4 members (excludes halogenated alkanes) is 1. The van der Waals surface area contributed by atoms with Crippen LogP contribution in [0.3, 0.4) is 0 Å². The van der Waals surface area contributed by atoms with Gasteiger partial charge in [0.15, 0.2) is 0 Å². The number of benzene rings is 1. The number of anilines is 1. The summed E-state index contributed by atoms with van der Waals surface area (Å²) in [7, 11) is 0. The summed E-state index contributed by atoms with van der Waals surface area (Å²) in [5.74, 6) is 1.06. The number of nitrogens with zero attached hydrogens (tertiary/aromatic N) is 2. The molecule has 5 heteroatoms. The smallest absolute Gasteiger partial charge is 0.224 e. The van der Waals surface area contributed by atoms with Crippen molar-refractivity contribution in [1.82, 2.24) is 10.3 Å². The predicted octanol–water partition coefficient (Wildman–Crippen LogP) is 4.02. The Hall–Kier alpha value is -1.81. The summed E-state index contributed by atoms with van der Waals surface area (Å²) in [5, 5.41) is 5.63. The quantitative estimate of drug-likeness (QED) is 0.657. The van der Waals surface area contributed by atoms with Gasteiger partial charge in [-0.1, -0.05) is 49.2 Å². The highest BCUT2D eigenvalue weighted by atomic mass is 35.5. The van der Waals surface area contributed by atoms with E-state index in [1.165, 1.54) is 0 Å². The molecule has 1 unspecified atom stereocenters. The summed E-state index contributed by atoms with van der Waals surface area (Å²) in [4.78, 5) is 19.1. The second-order valence-corrected chi connectivity index (χ2v) is 6.78. The summed E-state index contributed by atoms with van der Waals surface area (Å²) in [6.07, 6.45) is 4.06. The molecule has 1 aromatic carbocycles. The van der Waals surface area contributed by atoms with Crippen LogP contribution in [0.2, 0.25) is 5.15 Å². The number of pyridine rings is 1. The van der Waals surface area contributed by atoms with Crippen LogP contribution < -0.4 is 10.2 Å². The number of hydrogen-bond acceptors (Lipinski definition) is 3. The largest absolute Gasteiger partial charge is 0.356 e. The summed E-state index contributed by atoms with van der Waals surface area (Å²) in [6, 6.07) is 10.1. The SMILES string of the molecule is CCCCNC(=O)C1CCCN(c2cc3ccccc3c(Cl)n2)C1. The van der Waals surface area contributed by atoms with Gasteiger partial charge < -0.3 is 10.2 Å². The van der Waals surface area contributed by atoms with E-state index in [0.717, 1.165) is 55.4 Å². The molecule has 1 atom stereocenters. The van der Waals surface area contributed by atoms with Crippen LogP contribution in [0.1, 0.15) is 32.6 Å². The minimum absolute atomic E-state index is 0.0302. The summed E-state index contributed by atoms with van der Waals surface area (Å²) in [6.45, 7) is 4.52. The molecule has 2 heterocycles.